The van der Waals surface area contributed by atoms with Crippen molar-refractivity contribution >= 4 is 48.3 Å². The molecule has 10 heteroatoms. The fraction of sp³-hybridized carbons (Fsp3) is 0.259. The summed E-state index contributed by atoms with van der Waals surface area (Å²) in [7, 11) is -0.107. The Hall–Kier alpha value is -3.34. The lowest BCUT2D eigenvalue weighted by Crippen LogP contribution is -2.34. The number of hydrogen-bond acceptors (Lipinski definition) is 6. The fourth-order valence-corrected chi connectivity index (χ4v) is 5.98. The van der Waals surface area contributed by atoms with Gasteiger partial charge < -0.3 is 4.90 Å². The van der Waals surface area contributed by atoms with Crippen molar-refractivity contribution in [3.63, 3.8) is 0 Å². The number of benzene rings is 3. The summed E-state index contributed by atoms with van der Waals surface area (Å²) >= 11 is 1.43. The highest BCUT2D eigenvalue weighted by Gasteiger charge is 2.25. The predicted molar refractivity (Wildman–Crippen MR) is 148 cm³/mol. The van der Waals surface area contributed by atoms with E-state index in [1.54, 1.807) is 23.1 Å². The van der Waals surface area contributed by atoms with E-state index in [2.05, 4.69) is 10.8 Å². The number of carbonyl (C=O) groups excluding carboxylic acids is 1. The summed E-state index contributed by atoms with van der Waals surface area (Å²) in [6.07, 6.45) is 0.705. The van der Waals surface area contributed by atoms with Crippen LogP contribution >= 0.6 is 11.3 Å². The summed E-state index contributed by atoms with van der Waals surface area (Å²) < 4.78 is 42.8. The molecule has 0 unspecified atom stereocenters. The SMILES string of the molecule is Cc1cc2nc(N(CCCN(C)C)C(=O)c3ccccc3NS(=O)(=O)c3ccc(F)cc3)sc2cc1C. The molecule has 0 atom stereocenters. The van der Waals surface area contributed by atoms with Crippen LogP contribution in [0.25, 0.3) is 10.2 Å². The summed E-state index contributed by atoms with van der Waals surface area (Å²) in [6.45, 7) is 5.24. The Bertz CT molecular complexity index is 1490. The van der Waals surface area contributed by atoms with Crippen LogP contribution in [-0.4, -0.2) is 51.4 Å². The Balaban J connectivity index is 1.71. The second kappa shape index (κ2) is 11.0. The van der Waals surface area contributed by atoms with Crippen molar-refractivity contribution in [2.24, 2.45) is 0 Å². The molecular formula is C27H29FN4O3S2. The monoisotopic (exact) mass is 540 g/mol. The van der Waals surface area contributed by atoms with Gasteiger partial charge in [-0.05, 0) is 101 Å². The first kappa shape index (κ1) is 26.7. The normalized spacial score (nSPS) is 11.7. The molecular weight excluding hydrogens is 511 g/mol. The largest absolute Gasteiger partial charge is 0.309 e. The van der Waals surface area contributed by atoms with Crippen molar-refractivity contribution < 1.29 is 17.6 Å². The van der Waals surface area contributed by atoms with Gasteiger partial charge in [-0.3, -0.25) is 14.4 Å². The van der Waals surface area contributed by atoms with Gasteiger partial charge in [0.25, 0.3) is 15.9 Å². The number of carbonyl (C=O) groups is 1. The van der Waals surface area contributed by atoms with Crippen LogP contribution in [0.2, 0.25) is 0 Å². The van der Waals surface area contributed by atoms with E-state index in [0.29, 0.717) is 18.1 Å². The highest BCUT2D eigenvalue weighted by molar-refractivity contribution is 7.92. The average molecular weight is 541 g/mol. The standard InChI is InChI=1S/C27H29FN4O3S2/c1-18-16-24-25(17-19(18)2)36-27(29-24)32(15-7-14-31(3)4)26(33)22-8-5-6-9-23(22)30-37(34,35)21-12-10-20(28)11-13-21/h5-6,8-13,16-17,30H,7,14-15H2,1-4H3. The van der Waals surface area contributed by atoms with Gasteiger partial charge in [0.1, 0.15) is 5.82 Å². The number of aryl methyl sites for hydroxylation is 2. The number of aromatic nitrogens is 1. The van der Waals surface area contributed by atoms with Crippen molar-refractivity contribution in [1.29, 1.82) is 0 Å². The fourth-order valence-electron chi connectivity index (χ4n) is 3.83. The van der Waals surface area contributed by atoms with E-state index >= 15 is 0 Å². The number of para-hydroxylation sites is 1. The zero-order chi connectivity index (χ0) is 26.7. The van der Waals surface area contributed by atoms with Gasteiger partial charge in [0.2, 0.25) is 0 Å². The highest BCUT2D eigenvalue weighted by Crippen LogP contribution is 2.33. The molecule has 0 aliphatic heterocycles. The summed E-state index contributed by atoms with van der Waals surface area (Å²) in [6, 6.07) is 15.1. The number of fused-ring (bicyclic) bond motifs is 1. The van der Waals surface area contributed by atoms with Gasteiger partial charge in [0.05, 0.1) is 26.4 Å². The molecule has 37 heavy (non-hydrogen) atoms. The number of amides is 1. The molecule has 0 radical (unpaired) electrons. The van der Waals surface area contributed by atoms with Crippen LogP contribution in [0.3, 0.4) is 0 Å². The topological polar surface area (TPSA) is 82.6 Å². The van der Waals surface area contributed by atoms with Gasteiger partial charge in [-0.2, -0.15) is 0 Å². The van der Waals surface area contributed by atoms with Gasteiger partial charge in [0.15, 0.2) is 5.13 Å². The molecule has 0 fully saturated rings. The number of nitrogens with zero attached hydrogens (tertiary/aromatic N) is 3. The third-order valence-corrected chi connectivity index (χ3v) is 8.40. The molecule has 3 aromatic carbocycles. The maximum atomic E-state index is 13.9. The molecule has 194 valence electrons. The Labute approximate surface area is 220 Å². The van der Waals surface area contributed by atoms with Crippen LogP contribution in [0.4, 0.5) is 15.2 Å². The summed E-state index contributed by atoms with van der Waals surface area (Å²) in [5.74, 6) is -0.896. The van der Waals surface area contributed by atoms with E-state index in [0.717, 1.165) is 40.0 Å². The zero-order valence-corrected chi connectivity index (χ0v) is 22.8. The molecule has 0 aliphatic carbocycles. The third-order valence-electron chi connectivity index (χ3n) is 5.98. The molecule has 7 nitrogen and oxygen atoms in total. The maximum Gasteiger partial charge on any atom is 0.262 e. The van der Waals surface area contributed by atoms with Gasteiger partial charge in [-0.1, -0.05) is 23.5 Å². The van der Waals surface area contributed by atoms with Gasteiger partial charge in [0, 0.05) is 6.54 Å². The first-order chi connectivity index (χ1) is 17.5. The molecule has 0 spiro atoms. The quantitative estimate of drug-likeness (QED) is 0.305. The number of rotatable bonds is 9. The van der Waals surface area contributed by atoms with E-state index in [4.69, 9.17) is 4.98 Å². The van der Waals surface area contributed by atoms with Crippen molar-refractivity contribution in [1.82, 2.24) is 9.88 Å². The average Bonchev–Trinajstić information content (AvgIpc) is 3.24. The molecule has 1 N–H and O–H groups in total. The Morgan fingerprint density at radius 3 is 2.38 bits per heavy atom. The number of hydrogen-bond donors (Lipinski definition) is 1. The predicted octanol–water partition coefficient (Wildman–Crippen LogP) is 5.45. The van der Waals surface area contributed by atoms with Crippen molar-refractivity contribution in [3.05, 3.63) is 83.2 Å². The highest BCUT2D eigenvalue weighted by atomic mass is 32.2. The second-order valence-electron chi connectivity index (χ2n) is 9.12. The molecule has 1 amide bonds. The number of nitrogens with one attached hydrogen (secondary N) is 1. The van der Waals surface area contributed by atoms with Crippen LogP contribution in [0, 0.1) is 19.7 Å². The van der Waals surface area contributed by atoms with Crippen LogP contribution in [0.15, 0.2) is 65.6 Å². The van der Waals surface area contributed by atoms with Crippen LogP contribution in [0.5, 0.6) is 0 Å². The van der Waals surface area contributed by atoms with Crippen LogP contribution < -0.4 is 9.62 Å². The summed E-state index contributed by atoms with van der Waals surface area (Å²) in [5.41, 5.74) is 3.43. The lowest BCUT2D eigenvalue weighted by Gasteiger charge is -2.22. The van der Waals surface area contributed by atoms with Crippen LogP contribution in [-0.2, 0) is 10.0 Å². The first-order valence-electron chi connectivity index (χ1n) is 11.8. The minimum atomic E-state index is -4.04. The van der Waals surface area contributed by atoms with Crippen LogP contribution in [0.1, 0.15) is 27.9 Å². The van der Waals surface area contributed by atoms with E-state index < -0.39 is 15.8 Å². The third kappa shape index (κ3) is 6.15. The minimum Gasteiger partial charge on any atom is -0.309 e. The van der Waals surface area contributed by atoms with Gasteiger partial charge in [-0.25, -0.2) is 17.8 Å². The number of anilines is 2. The molecule has 0 saturated heterocycles. The number of sulfonamides is 1. The van der Waals surface area contributed by atoms with Crippen molar-refractivity contribution in [2.75, 3.05) is 36.8 Å². The zero-order valence-electron chi connectivity index (χ0n) is 21.2. The molecule has 1 aromatic heterocycles. The molecule has 0 saturated carbocycles. The van der Waals surface area contributed by atoms with Gasteiger partial charge in [-0.15, -0.1) is 0 Å². The molecule has 0 aliphatic rings. The molecule has 0 bridgehead atoms. The molecule has 4 aromatic rings. The molecule has 4 rings (SSSR count). The lowest BCUT2D eigenvalue weighted by atomic mass is 10.1. The Morgan fingerprint density at radius 1 is 1.00 bits per heavy atom. The molecule has 1 heterocycles. The lowest BCUT2D eigenvalue weighted by molar-refractivity contribution is 0.0987. The first-order valence-corrected chi connectivity index (χ1v) is 14.1. The van der Waals surface area contributed by atoms with Crippen molar-refractivity contribution in [2.45, 2.75) is 25.2 Å². The second-order valence-corrected chi connectivity index (χ2v) is 11.8. The van der Waals surface area contributed by atoms with Crippen molar-refractivity contribution in [3.8, 4) is 0 Å². The van der Waals surface area contributed by atoms with E-state index in [9.17, 15) is 17.6 Å². The maximum absolute atomic E-state index is 13.9. The van der Waals surface area contributed by atoms with E-state index in [-0.39, 0.29) is 22.1 Å². The summed E-state index contributed by atoms with van der Waals surface area (Å²) in [4.78, 5) is 22.2. The number of thiazole rings is 1. The summed E-state index contributed by atoms with van der Waals surface area (Å²) in [5, 5.41) is 0.556. The Morgan fingerprint density at radius 2 is 1.68 bits per heavy atom. The minimum absolute atomic E-state index is 0.101. The Kier molecular flexibility index (Phi) is 7.91. The van der Waals surface area contributed by atoms with Gasteiger partial charge >= 0.3 is 0 Å². The number of halogens is 1. The smallest absolute Gasteiger partial charge is 0.262 e. The van der Waals surface area contributed by atoms with E-state index in [1.165, 1.54) is 29.5 Å². The van der Waals surface area contributed by atoms with E-state index in [1.807, 2.05) is 38.9 Å².